The van der Waals surface area contributed by atoms with Crippen molar-refractivity contribution >= 4 is 23.7 Å². The van der Waals surface area contributed by atoms with Crippen LogP contribution in [0.2, 0.25) is 0 Å². The van der Waals surface area contributed by atoms with E-state index in [0.29, 0.717) is 6.54 Å². The molecule has 38 heavy (non-hydrogen) atoms. The van der Waals surface area contributed by atoms with Crippen molar-refractivity contribution in [1.29, 1.82) is 0 Å². The van der Waals surface area contributed by atoms with Crippen molar-refractivity contribution in [2.24, 2.45) is 0 Å². The smallest absolute Gasteiger partial charge is 0.253 e. The van der Waals surface area contributed by atoms with Gasteiger partial charge in [0.1, 0.15) is 0 Å². The minimum atomic E-state index is -0.00867. The van der Waals surface area contributed by atoms with Crippen LogP contribution in [0.25, 0.3) is 23.4 Å². The standard InChI is InChI=1S/C29H33N5O3.CH4/c35-29-25-19-27(32-26(25)6-8-31-29)23-5-7-30-24(18-23)4-3-22-2-1-21(20-33-9-13-36-14-10-33)17-28(22)34-11-15-37-16-12-34;/h1-5,7,17-19,32H,6,8-16,20H2,(H,31,35);1H4/b4-3+;. The summed E-state index contributed by atoms with van der Waals surface area (Å²) in [6.45, 7) is 8.46. The van der Waals surface area contributed by atoms with Crippen LogP contribution in [0, 0.1) is 0 Å². The number of H-pyrrole nitrogens is 1. The van der Waals surface area contributed by atoms with Crippen molar-refractivity contribution in [3.05, 3.63) is 70.7 Å². The molecule has 2 aromatic heterocycles. The molecule has 2 saturated heterocycles. The first-order valence-electron chi connectivity index (χ1n) is 13.1. The predicted octanol–water partition coefficient (Wildman–Crippen LogP) is 3.84. The first-order valence-corrected chi connectivity index (χ1v) is 13.1. The van der Waals surface area contributed by atoms with Gasteiger partial charge in [0, 0.05) is 74.5 Å². The van der Waals surface area contributed by atoms with Crippen LogP contribution in [-0.2, 0) is 22.4 Å². The number of aromatic nitrogens is 2. The third-order valence-corrected chi connectivity index (χ3v) is 7.29. The molecule has 8 heteroatoms. The lowest BCUT2D eigenvalue weighted by Gasteiger charge is -2.31. The number of ether oxygens (including phenoxy) is 2. The number of benzene rings is 1. The molecule has 0 unspecified atom stereocenters. The third-order valence-electron chi connectivity index (χ3n) is 7.29. The van der Waals surface area contributed by atoms with Crippen molar-refractivity contribution < 1.29 is 14.3 Å². The molecule has 6 rings (SSSR count). The molecule has 3 aromatic rings. The van der Waals surface area contributed by atoms with E-state index in [1.165, 1.54) is 16.8 Å². The normalized spacial score (nSPS) is 18.2. The number of carbonyl (C=O) groups excluding carboxylic acids is 1. The highest BCUT2D eigenvalue weighted by molar-refractivity contribution is 5.97. The van der Waals surface area contributed by atoms with Gasteiger partial charge in [-0.15, -0.1) is 0 Å². The Labute approximate surface area is 224 Å². The number of morpholine rings is 2. The van der Waals surface area contributed by atoms with E-state index < -0.39 is 0 Å². The van der Waals surface area contributed by atoms with Gasteiger partial charge in [0.2, 0.25) is 0 Å². The number of pyridine rings is 1. The Kier molecular flexibility index (Phi) is 8.22. The molecule has 0 radical (unpaired) electrons. The fourth-order valence-corrected chi connectivity index (χ4v) is 5.26. The van der Waals surface area contributed by atoms with Gasteiger partial charge in [0.25, 0.3) is 5.91 Å². The van der Waals surface area contributed by atoms with Gasteiger partial charge in [0.05, 0.1) is 37.7 Å². The zero-order valence-corrected chi connectivity index (χ0v) is 21.0. The number of hydrogen-bond donors (Lipinski definition) is 2. The van der Waals surface area contributed by atoms with Crippen LogP contribution < -0.4 is 10.2 Å². The van der Waals surface area contributed by atoms with Crippen molar-refractivity contribution in [3.63, 3.8) is 0 Å². The highest BCUT2D eigenvalue weighted by Crippen LogP contribution is 2.28. The Balaban J connectivity index is 0.00000294. The van der Waals surface area contributed by atoms with Crippen LogP contribution in [0.15, 0.2) is 42.6 Å². The number of aromatic amines is 1. The highest BCUT2D eigenvalue weighted by atomic mass is 16.5. The number of fused-ring (bicyclic) bond motifs is 1. The van der Waals surface area contributed by atoms with Crippen molar-refractivity contribution in [3.8, 4) is 11.3 Å². The van der Waals surface area contributed by atoms with E-state index in [2.05, 4.69) is 61.5 Å². The first-order chi connectivity index (χ1) is 18.2. The van der Waals surface area contributed by atoms with Gasteiger partial charge in [-0.05, 0) is 41.5 Å². The van der Waals surface area contributed by atoms with Crippen molar-refractivity contribution in [2.75, 3.05) is 64.1 Å². The maximum Gasteiger partial charge on any atom is 0.253 e. The Morgan fingerprint density at radius 2 is 1.74 bits per heavy atom. The van der Waals surface area contributed by atoms with Gasteiger partial charge >= 0.3 is 0 Å². The van der Waals surface area contributed by atoms with Crippen LogP contribution >= 0.6 is 0 Å². The quantitative estimate of drug-likeness (QED) is 0.519. The zero-order chi connectivity index (χ0) is 25.0. The number of nitrogens with zero attached hydrogens (tertiary/aromatic N) is 3. The summed E-state index contributed by atoms with van der Waals surface area (Å²) in [5.41, 5.74) is 8.31. The molecule has 0 aliphatic carbocycles. The predicted molar refractivity (Wildman–Crippen MR) is 151 cm³/mol. The summed E-state index contributed by atoms with van der Waals surface area (Å²) in [6, 6.07) is 12.8. The second-order valence-corrected chi connectivity index (χ2v) is 9.76. The minimum Gasteiger partial charge on any atom is -0.379 e. The Morgan fingerprint density at radius 3 is 2.53 bits per heavy atom. The summed E-state index contributed by atoms with van der Waals surface area (Å²) < 4.78 is 11.1. The molecule has 0 atom stereocenters. The summed E-state index contributed by atoms with van der Waals surface area (Å²) in [7, 11) is 0. The van der Waals surface area contributed by atoms with Crippen LogP contribution in [0.5, 0.6) is 0 Å². The molecule has 1 amide bonds. The second kappa shape index (κ2) is 11.9. The maximum absolute atomic E-state index is 12.2. The summed E-state index contributed by atoms with van der Waals surface area (Å²) in [5, 5.41) is 2.91. The number of nitrogens with one attached hydrogen (secondary N) is 2. The summed E-state index contributed by atoms with van der Waals surface area (Å²) in [5.74, 6) is -0.00867. The fourth-order valence-electron chi connectivity index (χ4n) is 5.26. The van der Waals surface area contributed by atoms with E-state index in [4.69, 9.17) is 9.47 Å². The lowest BCUT2D eigenvalue weighted by atomic mass is 10.0. The van der Waals surface area contributed by atoms with Gasteiger partial charge < -0.3 is 24.7 Å². The van der Waals surface area contributed by atoms with Crippen molar-refractivity contribution in [1.82, 2.24) is 20.2 Å². The molecule has 3 aliphatic rings. The van der Waals surface area contributed by atoms with Crippen LogP contribution in [-0.4, -0.2) is 79.9 Å². The molecule has 0 saturated carbocycles. The van der Waals surface area contributed by atoms with E-state index in [1.54, 1.807) is 0 Å². The SMILES string of the molecule is C.O=C1NCCc2[nH]c(-c3ccnc(/C=C/c4ccc(CN5CCOCC5)cc4N4CCOCC4)c3)cc21. The Hall–Kier alpha value is -3.46. The molecule has 200 valence electrons. The summed E-state index contributed by atoms with van der Waals surface area (Å²) >= 11 is 0. The number of carbonyl (C=O) groups is 1. The third kappa shape index (κ3) is 5.83. The van der Waals surface area contributed by atoms with Gasteiger partial charge in [0.15, 0.2) is 0 Å². The van der Waals surface area contributed by atoms with Gasteiger partial charge in [-0.1, -0.05) is 25.6 Å². The lowest BCUT2D eigenvalue weighted by Crippen LogP contribution is -2.37. The van der Waals surface area contributed by atoms with E-state index in [0.717, 1.165) is 93.8 Å². The largest absolute Gasteiger partial charge is 0.379 e. The molecule has 5 heterocycles. The molecule has 2 fully saturated rings. The van der Waals surface area contributed by atoms with Gasteiger partial charge in [-0.2, -0.15) is 0 Å². The van der Waals surface area contributed by atoms with E-state index >= 15 is 0 Å². The van der Waals surface area contributed by atoms with Crippen LogP contribution in [0.1, 0.15) is 40.3 Å². The monoisotopic (exact) mass is 515 g/mol. The van der Waals surface area contributed by atoms with Crippen LogP contribution in [0.4, 0.5) is 5.69 Å². The number of hydrogen-bond acceptors (Lipinski definition) is 6. The molecular formula is C30H37N5O3. The highest BCUT2D eigenvalue weighted by Gasteiger charge is 2.20. The fraction of sp³-hybridized carbons (Fsp3) is 0.400. The number of amides is 1. The number of rotatable bonds is 6. The molecule has 2 N–H and O–H groups in total. The lowest BCUT2D eigenvalue weighted by molar-refractivity contribution is 0.0342. The van der Waals surface area contributed by atoms with E-state index in [1.807, 2.05) is 18.3 Å². The molecular weight excluding hydrogens is 478 g/mol. The molecule has 8 nitrogen and oxygen atoms in total. The van der Waals surface area contributed by atoms with E-state index in [-0.39, 0.29) is 13.3 Å². The van der Waals surface area contributed by atoms with Gasteiger partial charge in [-0.3, -0.25) is 14.7 Å². The zero-order valence-electron chi connectivity index (χ0n) is 21.0. The van der Waals surface area contributed by atoms with Gasteiger partial charge in [-0.25, -0.2) is 0 Å². The average Bonchev–Trinajstić information content (AvgIpc) is 3.40. The van der Waals surface area contributed by atoms with Crippen LogP contribution in [0.3, 0.4) is 0 Å². The second-order valence-electron chi connectivity index (χ2n) is 9.76. The average molecular weight is 516 g/mol. The van der Waals surface area contributed by atoms with Crippen molar-refractivity contribution in [2.45, 2.75) is 20.4 Å². The molecule has 0 bridgehead atoms. The first kappa shape index (κ1) is 26.2. The maximum atomic E-state index is 12.2. The summed E-state index contributed by atoms with van der Waals surface area (Å²) in [4.78, 5) is 25.1. The minimum absolute atomic E-state index is 0. The molecule has 1 aromatic carbocycles. The topological polar surface area (TPSA) is 82.7 Å². The Morgan fingerprint density at radius 1 is 0.947 bits per heavy atom. The number of anilines is 1. The van der Waals surface area contributed by atoms with E-state index in [9.17, 15) is 4.79 Å². The molecule has 3 aliphatic heterocycles. The molecule has 0 spiro atoms. The Bertz CT molecular complexity index is 1290. The summed E-state index contributed by atoms with van der Waals surface area (Å²) in [6.07, 6.45) is 6.87.